The van der Waals surface area contributed by atoms with Crippen molar-refractivity contribution in [1.82, 2.24) is 10.3 Å². The van der Waals surface area contributed by atoms with E-state index in [0.717, 1.165) is 23.7 Å². The number of pyridine rings is 1. The van der Waals surface area contributed by atoms with E-state index in [9.17, 15) is 0 Å². The van der Waals surface area contributed by atoms with Gasteiger partial charge in [0.2, 0.25) is 0 Å². The van der Waals surface area contributed by atoms with Crippen molar-refractivity contribution < 1.29 is 0 Å². The lowest BCUT2D eigenvalue weighted by Crippen LogP contribution is -2.27. The molecular weight excluding hydrogens is 184 g/mol. The van der Waals surface area contributed by atoms with Crippen molar-refractivity contribution in [2.45, 2.75) is 25.3 Å². The van der Waals surface area contributed by atoms with Crippen LogP contribution in [0.25, 0.3) is 0 Å². The van der Waals surface area contributed by atoms with Crippen molar-refractivity contribution in [3.63, 3.8) is 0 Å². The van der Waals surface area contributed by atoms with Gasteiger partial charge in [0.1, 0.15) is 0 Å². The van der Waals surface area contributed by atoms with Crippen LogP contribution in [0.4, 0.5) is 0 Å². The van der Waals surface area contributed by atoms with Crippen LogP contribution in [-0.2, 0) is 0 Å². The first-order valence-electron chi connectivity index (χ1n) is 4.72. The van der Waals surface area contributed by atoms with E-state index in [-0.39, 0.29) is 0 Å². The first-order chi connectivity index (χ1) is 6.38. The molecule has 13 heavy (non-hydrogen) atoms. The van der Waals surface area contributed by atoms with Gasteiger partial charge >= 0.3 is 0 Å². The highest BCUT2D eigenvalue weighted by molar-refractivity contribution is 6.31. The lowest BCUT2D eigenvalue weighted by Gasteiger charge is -2.23. The maximum absolute atomic E-state index is 6.06. The van der Waals surface area contributed by atoms with Gasteiger partial charge in [0.05, 0.1) is 16.8 Å². The van der Waals surface area contributed by atoms with E-state index in [1.54, 1.807) is 6.20 Å². The minimum atomic E-state index is 0.363. The second-order valence-corrected chi connectivity index (χ2v) is 3.78. The average Bonchev–Trinajstić information content (AvgIpc) is 2.20. The molecular formula is C10H13ClN2. The Morgan fingerprint density at radius 2 is 2.38 bits per heavy atom. The predicted molar refractivity (Wildman–Crippen MR) is 53.8 cm³/mol. The molecule has 1 N–H and O–H groups in total. The van der Waals surface area contributed by atoms with Crippen LogP contribution in [-0.4, -0.2) is 11.5 Å². The highest BCUT2D eigenvalue weighted by atomic mass is 35.5. The van der Waals surface area contributed by atoms with Gasteiger partial charge < -0.3 is 5.32 Å². The van der Waals surface area contributed by atoms with Crippen LogP contribution >= 0.6 is 11.6 Å². The fourth-order valence-corrected chi connectivity index (χ4v) is 1.99. The van der Waals surface area contributed by atoms with Crippen molar-refractivity contribution in [1.29, 1.82) is 0 Å². The number of halogens is 1. The zero-order valence-corrected chi connectivity index (χ0v) is 8.22. The molecule has 0 saturated carbocycles. The topological polar surface area (TPSA) is 24.9 Å². The number of rotatable bonds is 1. The third kappa shape index (κ3) is 2.01. The highest BCUT2D eigenvalue weighted by Crippen LogP contribution is 2.26. The van der Waals surface area contributed by atoms with E-state index in [2.05, 4.69) is 10.3 Å². The van der Waals surface area contributed by atoms with Gasteiger partial charge in [-0.25, -0.2) is 0 Å². The van der Waals surface area contributed by atoms with E-state index < -0.39 is 0 Å². The molecule has 1 aliphatic heterocycles. The van der Waals surface area contributed by atoms with Gasteiger partial charge in [-0.15, -0.1) is 0 Å². The molecule has 0 amide bonds. The average molecular weight is 197 g/mol. The second kappa shape index (κ2) is 4.07. The van der Waals surface area contributed by atoms with Gasteiger partial charge in [-0.3, -0.25) is 4.98 Å². The predicted octanol–water partition coefficient (Wildman–Crippen LogP) is 2.55. The Labute approximate surface area is 83.3 Å². The molecule has 1 aromatic rings. The standard InChI is InChI=1S/C10H13ClN2/c11-8-4-3-7-13-10(8)9-5-1-2-6-12-9/h3-4,7,9,12H,1-2,5-6H2. The first-order valence-corrected chi connectivity index (χ1v) is 5.09. The molecule has 1 aromatic heterocycles. The summed E-state index contributed by atoms with van der Waals surface area (Å²) in [6.07, 6.45) is 5.49. The van der Waals surface area contributed by atoms with Crippen LogP contribution in [0.2, 0.25) is 5.02 Å². The molecule has 70 valence electrons. The normalized spacial score (nSPS) is 23.0. The van der Waals surface area contributed by atoms with Crippen LogP contribution in [0.1, 0.15) is 31.0 Å². The molecule has 3 heteroatoms. The molecule has 0 aromatic carbocycles. The summed E-state index contributed by atoms with van der Waals surface area (Å²) >= 11 is 6.06. The highest BCUT2D eigenvalue weighted by Gasteiger charge is 2.17. The van der Waals surface area contributed by atoms with Crippen molar-refractivity contribution >= 4 is 11.6 Å². The molecule has 1 unspecified atom stereocenters. The SMILES string of the molecule is Clc1cccnc1C1CCCCN1. The van der Waals surface area contributed by atoms with E-state index in [1.807, 2.05) is 12.1 Å². The van der Waals surface area contributed by atoms with Gasteiger partial charge in [0, 0.05) is 6.20 Å². The summed E-state index contributed by atoms with van der Waals surface area (Å²) in [6, 6.07) is 4.14. The van der Waals surface area contributed by atoms with Crippen LogP contribution in [0, 0.1) is 0 Å². The lowest BCUT2D eigenvalue weighted by molar-refractivity contribution is 0.405. The van der Waals surface area contributed by atoms with Crippen molar-refractivity contribution in [2.24, 2.45) is 0 Å². The zero-order valence-electron chi connectivity index (χ0n) is 7.46. The smallest absolute Gasteiger partial charge is 0.0758 e. The Bertz CT molecular complexity index is 282. The fourth-order valence-electron chi connectivity index (χ4n) is 1.74. The van der Waals surface area contributed by atoms with Gasteiger partial charge in [0.15, 0.2) is 0 Å². The molecule has 0 radical (unpaired) electrons. The van der Waals surface area contributed by atoms with E-state index in [0.29, 0.717) is 6.04 Å². The number of nitrogens with zero attached hydrogens (tertiary/aromatic N) is 1. The Hall–Kier alpha value is -0.600. The summed E-state index contributed by atoms with van der Waals surface area (Å²) in [6.45, 7) is 1.08. The number of hydrogen-bond donors (Lipinski definition) is 1. The Kier molecular flexibility index (Phi) is 2.81. The number of aromatic nitrogens is 1. The van der Waals surface area contributed by atoms with Gasteiger partial charge in [-0.05, 0) is 31.5 Å². The van der Waals surface area contributed by atoms with E-state index in [4.69, 9.17) is 11.6 Å². The molecule has 2 heterocycles. The van der Waals surface area contributed by atoms with E-state index in [1.165, 1.54) is 12.8 Å². The maximum atomic E-state index is 6.06. The summed E-state index contributed by atoms with van der Waals surface area (Å²) < 4.78 is 0. The number of nitrogens with one attached hydrogen (secondary N) is 1. The van der Waals surface area contributed by atoms with Crippen molar-refractivity contribution in [3.8, 4) is 0 Å². The van der Waals surface area contributed by atoms with Crippen molar-refractivity contribution in [2.75, 3.05) is 6.54 Å². The molecule has 1 atom stereocenters. The monoisotopic (exact) mass is 196 g/mol. The maximum Gasteiger partial charge on any atom is 0.0758 e. The minimum absolute atomic E-state index is 0.363. The van der Waals surface area contributed by atoms with Crippen LogP contribution in [0.5, 0.6) is 0 Å². The first kappa shape index (κ1) is 8.97. The van der Waals surface area contributed by atoms with E-state index >= 15 is 0 Å². The van der Waals surface area contributed by atoms with Crippen LogP contribution in [0.15, 0.2) is 18.3 Å². The number of piperidine rings is 1. The molecule has 2 rings (SSSR count). The van der Waals surface area contributed by atoms with Crippen molar-refractivity contribution in [3.05, 3.63) is 29.0 Å². The van der Waals surface area contributed by atoms with Gasteiger partial charge in [0.25, 0.3) is 0 Å². The summed E-state index contributed by atoms with van der Waals surface area (Å²) in [5.74, 6) is 0. The zero-order chi connectivity index (χ0) is 9.10. The molecule has 1 fully saturated rings. The molecule has 1 aliphatic rings. The fraction of sp³-hybridized carbons (Fsp3) is 0.500. The Morgan fingerprint density at radius 3 is 3.08 bits per heavy atom. The quantitative estimate of drug-likeness (QED) is 0.747. The Morgan fingerprint density at radius 1 is 1.46 bits per heavy atom. The summed E-state index contributed by atoms with van der Waals surface area (Å²) in [7, 11) is 0. The van der Waals surface area contributed by atoms with Crippen LogP contribution < -0.4 is 5.32 Å². The largest absolute Gasteiger partial charge is 0.309 e. The molecule has 0 aliphatic carbocycles. The summed E-state index contributed by atoms with van der Waals surface area (Å²) in [5.41, 5.74) is 1.00. The van der Waals surface area contributed by atoms with Gasteiger partial charge in [-0.1, -0.05) is 18.0 Å². The summed E-state index contributed by atoms with van der Waals surface area (Å²) in [5, 5.41) is 4.21. The summed E-state index contributed by atoms with van der Waals surface area (Å²) in [4.78, 5) is 4.31. The minimum Gasteiger partial charge on any atom is -0.309 e. The van der Waals surface area contributed by atoms with Crippen LogP contribution in [0.3, 0.4) is 0 Å². The number of hydrogen-bond acceptors (Lipinski definition) is 2. The third-order valence-electron chi connectivity index (χ3n) is 2.43. The third-order valence-corrected chi connectivity index (χ3v) is 2.75. The van der Waals surface area contributed by atoms with Gasteiger partial charge in [-0.2, -0.15) is 0 Å². The lowest BCUT2D eigenvalue weighted by atomic mass is 10.0. The Balaban J connectivity index is 2.18. The molecule has 0 spiro atoms. The molecule has 1 saturated heterocycles. The second-order valence-electron chi connectivity index (χ2n) is 3.37. The molecule has 2 nitrogen and oxygen atoms in total. The molecule has 0 bridgehead atoms.